The highest BCUT2D eigenvalue weighted by Crippen LogP contribution is 2.27. The van der Waals surface area contributed by atoms with Gasteiger partial charge in [0.15, 0.2) is 5.69 Å². The Bertz CT molecular complexity index is 574. The third kappa shape index (κ3) is 3.06. The molecule has 0 aliphatic heterocycles. The summed E-state index contributed by atoms with van der Waals surface area (Å²) in [4.78, 5) is 13.2. The Kier molecular flexibility index (Phi) is 3.32. The average Bonchev–Trinajstić information content (AvgIpc) is 2.72. The average molecular weight is 276 g/mol. The third-order valence-corrected chi connectivity index (χ3v) is 2.70. The van der Waals surface area contributed by atoms with Gasteiger partial charge < -0.3 is 10.3 Å². The molecule has 0 amide bonds. The van der Waals surface area contributed by atoms with E-state index in [4.69, 9.17) is 0 Å². The Morgan fingerprint density at radius 1 is 1.33 bits per heavy atom. The highest BCUT2D eigenvalue weighted by molar-refractivity contribution is 7.07. The quantitative estimate of drug-likeness (QED) is 0.897. The molecule has 2 heterocycles. The van der Waals surface area contributed by atoms with Crippen LogP contribution in [0.4, 0.5) is 19.0 Å². The summed E-state index contributed by atoms with van der Waals surface area (Å²) in [6.45, 7) is 0.263. The number of nitrogens with zero attached hydrogens (tertiary/aromatic N) is 2. The van der Waals surface area contributed by atoms with Crippen molar-refractivity contribution in [3.63, 3.8) is 0 Å². The van der Waals surface area contributed by atoms with Crippen LogP contribution in [0.5, 0.6) is 0 Å². The zero-order chi connectivity index (χ0) is 13.2. The van der Waals surface area contributed by atoms with Crippen molar-refractivity contribution in [3.8, 4) is 0 Å². The van der Waals surface area contributed by atoms with E-state index in [0.717, 1.165) is 17.4 Å². The molecule has 0 unspecified atom stereocenters. The maximum atomic E-state index is 12.2. The highest BCUT2D eigenvalue weighted by atomic mass is 32.1. The molecule has 0 saturated carbocycles. The van der Waals surface area contributed by atoms with Gasteiger partial charge in [-0.1, -0.05) is 11.3 Å². The minimum atomic E-state index is -4.50. The van der Waals surface area contributed by atoms with Gasteiger partial charge in [-0.05, 0) is 12.1 Å². The Morgan fingerprint density at radius 3 is 2.61 bits per heavy atom. The van der Waals surface area contributed by atoms with Crippen LogP contribution in [0.15, 0.2) is 22.3 Å². The van der Waals surface area contributed by atoms with Crippen molar-refractivity contribution < 1.29 is 13.2 Å². The molecule has 0 radical (unpaired) electrons. The predicted molar refractivity (Wildman–Crippen MR) is 59.3 cm³/mol. The molecule has 2 rings (SSSR count). The Labute approximate surface area is 103 Å². The summed E-state index contributed by atoms with van der Waals surface area (Å²) in [5.41, 5.74) is -0.413. The van der Waals surface area contributed by atoms with Crippen LogP contribution in [0.1, 0.15) is 11.4 Å². The maximum Gasteiger partial charge on any atom is 0.435 e. The first kappa shape index (κ1) is 12.6. The number of aromatic nitrogens is 3. The van der Waals surface area contributed by atoms with Crippen molar-refractivity contribution in [2.45, 2.75) is 12.7 Å². The molecule has 0 spiro atoms. The summed E-state index contributed by atoms with van der Waals surface area (Å²) in [5, 5.41) is 10.8. The maximum absolute atomic E-state index is 12.2. The molecule has 0 aromatic carbocycles. The number of thiazole rings is 1. The Hall–Kier alpha value is -1.90. The van der Waals surface area contributed by atoms with E-state index >= 15 is 0 Å². The van der Waals surface area contributed by atoms with Gasteiger partial charge in [-0.3, -0.25) is 4.79 Å². The molecule has 2 aromatic rings. The van der Waals surface area contributed by atoms with Crippen molar-refractivity contribution in [1.82, 2.24) is 15.2 Å². The molecule has 5 nitrogen and oxygen atoms in total. The van der Waals surface area contributed by atoms with Crippen molar-refractivity contribution in [2.24, 2.45) is 0 Å². The molecule has 9 heteroatoms. The molecular formula is C9H7F3N4OS. The minimum Gasteiger partial charge on any atom is -0.363 e. The van der Waals surface area contributed by atoms with E-state index in [9.17, 15) is 18.0 Å². The van der Waals surface area contributed by atoms with Gasteiger partial charge in [-0.2, -0.15) is 13.2 Å². The molecule has 2 N–H and O–H groups in total. The van der Waals surface area contributed by atoms with Crippen LogP contribution < -0.4 is 10.2 Å². The standard InChI is InChI=1S/C9H7F3N4OS/c10-9(11,12)6-1-2-7(16-15-6)13-3-5-4-18-8(17)14-5/h1-2,4H,3H2,(H,13,16)(H,14,17). The second-order valence-electron chi connectivity index (χ2n) is 3.33. The number of rotatable bonds is 3. The third-order valence-electron chi connectivity index (χ3n) is 1.99. The van der Waals surface area contributed by atoms with E-state index in [-0.39, 0.29) is 17.2 Å². The second-order valence-corrected chi connectivity index (χ2v) is 4.17. The van der Waals surface area contributed by atoms with Crippen LogP contribution in [0.2, 0.25) is 0 Å². The van der Waals surface area contributed by atoms with Crippen molar-refractivity contribution in [1.29, 1.82) is 0 Å². The van der Waals surface area contributed by atoms with Gasteiger partial charge in [0.2, 0.25) is 0 Å². The number of halogens is 3. The first-order chi connectivity index (χ1) is 8.45. The lowest BCUT2D eigenvalue weighted by Crippen LogP contribution is -2.10. The number of H-pyrrole nitrogens is 1. The summed E-state index contributed by atoms with van der Waals surface area (Å²) in [6.07, 6.45) is -4.50. The van der Waals surface area contributed by atoms with Crippen molar-refractivity contribution in [3.05, 3.63) is 38.6 Å². The number of alkyl halides is 3. The second kappa shape index (κ2) is 4.77. The van der Waals surface area contributed by atoms with E-state index in [0.29, 0.717) is 5.69 Å². The van der Waals surface area contributed by atoms with E-state index in [2.05, 4.69) is 20.5 Å². The lowest BCUT2D eigenvalue weighted by atomic mass is 10.3. The molecular weight excluding hydrogens is 269 g/mol. The highest BCUT2D eigenvalue weighted by Gasteiger charge is 2.32. The summed E-state index contributed by atoms with van der Waals surface area (Å²) in [7, 11) is 0. The van der Waals surface area contributed by atoms with E-state index in [1.807, 2.05) is 0 Å². The summed E-state index contributed by atoms with van der Waals surface area (Å²) >= 11 is 1.01. The molecule has 0 saturated heterocycles. The minimum absolute atomic E-state index is 0.190. The van der Waals surface area contributed by atoms with Crippen LogP contribution >= 0.6 is 11.3 Å². The monoisotopic (exact) mass is 276 g/mol. The topological polar surface area (TPSA) is 70.7 Å². The van der Waals surface area contributed by atoms with Crippen LogP contribution in [0, 0.1) is 0 Å². The molecule has 0 fully saturated rings. The number of aromatic amines is 1. The largest absolute Gasteiger partial charge is 0.435 e. The van der Waals surface area contributed by atoms with Crippen molar-refractivity contribution in [2.75, 3.05) is 5.32 Å². The molecule has 0 aliphatic rings. The van der Waals surface area contributed by atoms with Gasteiger partial charge in [0.25, 0.3) is 0 Å². The molecule has 0 atom stereocenters. The van der Waals surface area contributed by atoms with E-state index in [1.165, 1.54) is 6.07 Å². The predicted octanol–water partition coefficient (Wildman–Crippen LogP) is 1.86. The molecule has 0 aliphatic carbocycles. The fourth-order valence-corrected chi connectivity index (χ4v) is 1.75. The van der Waals surface area contributed by atoms with Crippen LogP contribution in [-0.4, -0.2) is 15.2 Å². The zero-order valence-electron chi connectivity index (χ0n) is 8.78. The van der Waals surface area contributed by atoms with Crippen LogP contribution in [0.3, 0.4) is 0 Å². The molecule has 0 bridgehead atoms. The summed E-state index contributed by atoms with van der Waals surface area (Å²) in [5.74, 6) is 0.204. The first-order valence-electron chi connectivity index (χ1n) is 4.76. The fourth-order valence-electron chi connectivity index (χ4n) is 1.16. The van der Waals surface area contributed by atoms with Crippen LogP contribution in [0.25, 0.3) is 0 Å². The van der Waals surface area contributed by atoms with Crippen LogP contribution in [-0.2, 0) is 12.7 Å². The van der Waals surface area contributed by atoms with Gasteiger partial charge in [0.1, 0.15) is 5.82 Å². The normalized spacial score (nSPS) is 11.5. The van der Waals surface area contributed by atoms with Gasteiger partial charge in [-0.25, -0.2) is 0 Å². The number of hydrogen-bond donors (Lipinski definition) is 2. The smallest absolute Gasteiger partial charge is 0.363 e. The van der Waals surface area contributed by atoms with Crippen molar-refractivity contribution >= 4 is 17.2 Å². The molecule has 2 aromatic heterocycles. The number of hydrogen-bond acceptors (Lipinski definition) is 5. The lowest BCUT2D eigenvalue weighted by Gasteiger charge is -2.06. The first-order valence-corrected chi connectivity index (χ1v) is 5.64. The fraction of sp³-hybridized carbons (Fsp3) is 0.222. The molecule has 18 heavy (non-hydrogen) atoms. The van der Waals surface area contributed by atoms with Gasteiger partial charge in [0, 0.05) is 11.1 Å². The lowest BCUT2D eigenvalue weighted by molar-refractivity contribution is -0.141. The Balaban J connectivity index is 2.00. The van der Waals surface area contributed by atoms with E-state index in [1.54, 1.807) is 5.38 Å². The Morgan fingerprint density at radius 2 is 2.11 bits per heavy atom. The number of nitrogens with one attached hydrogen (secondary N) is 2. The summed E-state index contributed by atoms with van der Waals surface area (Å²) in [6, 6.07) is 2.02. The number of anilines is 1. The van der Waals surface area contributed by atoms with Gasteiger partial charge >= 0.3 is 11.0 Å². The zero-order valence-corrected chi connectivity index (χ0v) is 9.60. The van der Waals surface area contributed by atoms with E-state index < -0.39 is 11.9 Å². The van der Waals surface area contributed by atoms with Gasteiger partial charge in [-0.15, -0.1) is 10.2 Å². The summed E-state index contributed by atoms with van der Waals surface area (Å²) < 4.78 is 36.6. The van der Waals surface area contributed by atoms with Gasteiger partial charge in [0.05, 0.1) is 6.54 Å². The SMILES string of the molecule is O=c1[nH]c(CNc2ccc(C(F)(F)F)nn2)cs1. The molecule has 96 valence electrons.